The molecule has 2 aromatic heterocycles. The summed E-state index contributed by atoms with van der Waals surface area (Å²) in [5.74, 6) is 0.122. The lowest BCUT2D eigenvalue weighted by Crippen LogP contribution is -2.18. The van der Waals surface area contributed by atoms with E-state index in [2.05, 4.69) is 15.3 Å². The van der Waals surface area contributed by atoms with E-state index in [9.17, 15) is 4.79 Å². The molecule has 0 bridgehead atoms. The van der Waals surface area contributed by atoms with Crippen LogP contribution in [-0.4, -0.2) is 15.9 Å². The fraction of sp³-hybridized carbons (Fsp3) is 0.312. The quantitative estimate of drug-likeness (QED) is 0.888. The number of pyridine rings is 2. The van der Waals surface area contributed by atoms with E-state index in [0.717, 1.165) is 11.3 Å². The van der Waals surface area contributed by atoms with Crippen LogP contribution in [0.3, 0.4) is 0 Å². The van der Waals surface area contributed by atoms with Gasteiger partial charge in [-0.2, -0.15) is 0 Å². The lowest BCUT2D eigenvalue weighted by molar-refractivity contribution is 0.102. The first-order valence-corrected chi connectivity index (χ1v) is 6.77. The third kappa shape index (κ3) is 3.78. The normalized spacial score (nSPS) is 11.2. The van der Waals surface area contributed by atoms with Crippen molar-refractivity contribution in [2.45, 2.75) is 33.1 Å². The number of nitrogens with two attached hydrogens (primary N) is 1. The van der Waals surface area contributed by atoms with E-state index in [1.54, 1.807) is 24.5 Å². The second kappa shape index (κ2) is 5.52. The molecule has 3 N–H and O–H groups in total. The zero-order valence-corrected chi connectivity index (χ0v) is 12.8. The molecular formula is C16H20N4O. The van der Waals surface area contributed by atoms with Gasteiger partial charge in [-0.3, -0.25) is 9.78 Å². The summed E-state index contributed by atoms with van der Waals surface area (Å²) in [6, 6.07) is 5.21. The lowest BCUT2D eigenvalue weighted by Gasteiger charge is -2.19. The molecule has 0 aliphatic heterocycles. The Balaban J connectivity index is 2.29. The number of rotatable bonds is 2. The predicted octanol–water partition coefficient (Wildman–Crippen LogP) is 2.92. The van der Waals surface area contributed by atoms with E-state index in [1.807, 2.05) is 33.8 Å². The van der Waals surface area contributed by atoms with Crippen molar-refractivity contribution in [3.63, 3.8) is 0 Å². The minimum absolute atomic E-state index is 0.171. The van der Waals surface area contributed by atoms with Crippen molar-refractivity contribution in [3.8, 4) is 0 Å². The average molecular weight is 284 g/mol. The number of hydrogen-bond acceptors (Lipinski definition) is 4. The molecule has 5 nitrogen and oxygen atoms in total. The largest absolute Gasteiger partial charge is 0.384 e. The molecule has 0 saturated heterocycles. The van der Waals surface area contributed by atoms with Crippen LogP contribution in [0.1, 0.15) is 42.4 Å². The highest BCUT2D eigenvalue weighted by Gasteiger charge is 2.18. The van der Waals surface area contributed by atoms with E-state index < -0.39 is 0 Å². The predicted molar refractivity (Wildman–Crippen MR) is 84.3 cm³/mol. The molecule has 2 rings (SSSR count). The SMILES string of the molecule is Cc1cncc(NC(=O)c2cc(N)nc(C(C)(C)C)c2)c1. The zero-order valence-electron chi connectivity index (χ0n) is 12.8. The van der Waals surface area contributed by atoms with E-state index in [0.29, 0.717) is 17.1 Å². The number of anilines is 2. The molecule has 110 valence electrons. The van der Waals surface area contributed by atoms with Gasteiger partial charge in [0.15, 0.2) is 0 Å². The summed E-state index contributed by atoms with van der Waals surface area (Å²) in [6.07, 6.45) is 3.35. The van der Waals surface area contributed by atoms with Crippen LogP contribution >= 0.6 is 0 Å². The molecule has 0 spiro atoms. The molecule has 2 aromatic rings. The molecule has 0 radical (unpaired) electrons. The number of aromatic nitrogens is 2. The highest BCUT2D eigenvalue weighted by Crippen LogP contribution is 2.23. The van der Waals surface area contributed by atoms with Gasteiger partial charge in [-0.1, -0.05) is 20.8 Å². The third-order valence-corrected chi connectivity index (χ3v) is 3.01. The lowest BCUT2D eigenvalue weighted by atomic mass is 9.90. The van der Waals surface area contributed by atoms with Crippen molar-refractivity contribution < 1.29 is 4.79 Å². The molecule has 0 aromatic carbocycles. The van der Waals surface area contributed by atoms with Gasteiger partial charge in [0.05, 0.1) is 11.9 Å². The summed E-state index contributed by atoms with van der Waals surface area (Å²) in [5.41, 5.74) is 8.56. The molecule has 0 saturated carbocycles. The van der Waals surface area contributed by atoms with Crippen LogP contribution in [0, 0.1) is 6.92 Å². The Bertz CT molecular complexity index is 674. The van der Waals surface area contributed by atoms with Crippen LogP contribution in [0.15, 0.2) is 30.6 Å². The summed E-state index contributed by atoms with van der Waals surface area (Å²) in [6.45, 7) is 8.01. The van der Waals surface area contributed by atoms with E-state index >= 15 is 0 Å². The van der Waals surface area contributed by atoms with Gasteiger partial charge in [0, 0.05) is 22.9 Å². The second-order valence-electron chi connectivity index (χ2n) is 6.12. The van der Waals surface area contributed by atoms with Crippen molar-refractivity contribution in [2.24, 2.45) is 0 Å². The van der Waals surface area contributed by atoms with Gasteiger partial charge in [0.1, 0.15) is 5.82 Å². The van der Waals surface area contributed by atoms with Crippen molar-refractivity contribution in [3.05, 3.63) is 47.4 Å². The maximum Gasteiger partial charge on any atom is 0.255 e. The Morgan fingerprint density at radius 2 is 1.90 bits per heavy atom. The second-order valence-corrected chi connectivity index (χ2v) is 6.12. The first-order valence-electron chi connectivity index (χ1n) is 6.77. The Hall–Kier alpha value is -2.43. The van der Waals surface area contributed by atoms with Gasteiger partial charge in [-0.25, -0.2) is 4.98 Å². The average Bonchev–Trinajstić information content (AvgIpc) is 2.37. The fourth-order valence-electron chi connectivity index (χ4n) is 1.89. The maximum atomic E-state index is 12.3. The minimum atomic E-state index is -0.220. The number of amides is 1. The van der Waals surface area contributed by atoms with E-state index in [-0.39, 0.29) is 11.3 Å². The molecule has 0 fully saturated rings. The van der Waals surface area contributed by atoms with Crippen molar-refractivity contribution in [2.75, 3.05) is 11.1 Å². The Morgan fingerprint density at radius 3 is 2.52 bits per heavy atom. The maximum absolute atomic E-state index is 12.3. The van der Waals surface area contributed by atoms with Crippen LogP contribution in [0.4, 0.5) is 11.5 Å². The van der Waals surface area contributed by atoms with Gasteiger partial charge < -0.3 is 11.1 Å². The molecule has 0 aliphatic rings. The van der Waals surface area contributed by atoms with Gasteiger partial charge in [-0.05, 0) is 30.7 Å². The van der Waals surface area contributed by atoms with Crippen LogP contribution in [0.25, 0.3) is 0 Å². The summed E-state index contributed by atoms with van der Waals surface area (Å²) < 4.78 is 0. The first kappa shape index (κ1) is 15.0. The molecule has 1 amide bonds. The Labute approximate surface area is 124 Å². The number of nitrogen functional groups attached to an aromatic ring is 1. The number of carbonyl (C=O) groups is 1. The van der Waals surface area contributed by atoms with Gasteiger partial charge in [-0.15, -0.1) is 0 Å². The number of aryl methyl sites for hydroxylation is 1. The summed E-state index contributed by atoms with van der Waals surface area (Å²) in [4.78, 5) is 20.7. The fourth-order valence-corrected chi connectivity index (χ4v) is 1.89. The molecular weight excluding hydrogens is 264 g/mol. The topological polar surface area (TPSA) is 80.9 Å². The van der Waals surface area contributed by atoms with Crippen molar-refractivity contribution in [1.82, 2.24) is 9.97 Å². The summed E-state index contributed by atoms with van der Waals surface area (Å²) in [7, 11) is 0. The number of carbonyl (C=O) groups excluding carboxylic acids is 1. The highest BCUT2D eigenvalue weighted by atomic mass is 16.1. The smallest absolute Gasteiger partial charge is 0.255 e. The number of hydrogen-bond donors (Lipinski definition) is 2. The van der Waals surface area contributed by atoms with Crippen LogP contribution in [0.2, 0.25) is 0 Å². The first-order chi connectivity index (χ1) is 9.75. The molecule has 5 heteroatoms. The van der Waals surface area contributed by atoms with Crippen molar-refractivity contribution >= 4 is 17.4 Å². The number of nitrogens with zero attached hydrogens (tertiary/aromatic N) is 2. The molecule has 21 heavy (non-hydrogen) atoms. The molecule has 2 heterocycles. The van der Waals surface area contributed by atoms with E-state index in [1.165, 1.54) is 0 Å². The third-order valence-electron chi connectivity index (χ3n) is 3.01. The minimum Gasteiger partial charge on any atom is -0.384 e. The number of nitrogens with one attached hydrogen (secondary N) is 1. The standard InChI is InChI=1S/C16H20N4O/c1-10-5-12(9-18-8-10)19-15(21)11-6-13(16(2,3)4)20-14(17)7-11/h5-9H,1-4H3,(H2,17,20)(H,19,21). The molecule has 0 unspecified atom stereocenters. The molecule has 0 aliphatic carbocycles. The van der Waals surface area contributed by atoms with Gasteiger partial charge >= 0.3 is 0 Å². The van der Waals surface area contributed by atoms with Crippen LogP contribution in [0.5, 0.6) is 0 Å². The van der Waals surface area contributed by atoms with Gasteiger partial charge in [0.25, 0.3) is 5.91 Å². The van der Waals surface area contributed by atoms with Crippen molar-refractivity contribution in [1.29, 1.82) is 0 Å². The van der Waals surface area contributed by atoms with Crippen LogP contribution < -0.4 is 11.1 Å². The zero-order chi connectivity index (χ0) is 15.6. The molecule has 0 atom stereocenters. The monoisotopic (exact) mass is 284 g/mol. The summed E-state index contributed by atoms with van der Waals surface area (Å²) in [5, 5.41) is 2.82. The highest BCUT2D eigenvalue weighted by molar-refractivity contribution is 6.04. The van der Waals surface area contributed by atoms with E-state index in [4.69, 9.17) is 5.73 Å². The van der Waals surface area contributed by atoms with Gasteiger partial charge in [0.2, 0.25) is 0 Å². The Kier molecular flexibility index (Phi) is 3.93. The van der Waals surface area contributed by atoms with Crippen LogP contribution in [-0.2, 0) is 5.41 Å². The summed E-state index contributed by atoms with van der Waals surface area (Å²) >= 11 is 0. The Morgan fingerprint density at radius 1 is 1.19 bits per heavy atom.